The Morgan fingerprint density at radius 1 is 1.12 bits per heavy atom. The molecule has 2 heterocycles. The number of hydrogen-bond acceptors (Lipinski definition) is 5. The number of benzene rings is 1. The van der Waals surface area contributed by atoms with Gasteiger partial charge in [0.2, 0.25) is 0 Å². The summed E-state index contributed by atoms with van der Waals surface area (Å²) in [6.45, 7) is 2.25. The Bertz CT molecular complexity index is 914. The van der Waals surface area contributed by atoms with E-state index in [4.69, 9.17) is 23.2 Å². The van der Waals surface area contributed by atoms with Gasteiger partial charge in [-0.15, -0.1) is 0 Å². The Morgan fingerprint density at radius 2 is 1.88 bits per heavy atom. The van der Waals surface area contributed by atoms with E-state index in [1.54, 1.807) is 43.6 Å². The lowest BCUT2D eigenvalue weighted by atomic mass is 10.2. The number of para-hydroxylation sites is 1. The van der Waals surface area contributed by atoms with E-state index in [0.717, 1.165) is 5.56 Å². The van der Waals surface area contributed by atoms with Crippen molar-refractivity contribution in [3.63, 3.8) is 0 Å². The lowest BCUT2D eigenvalue weighted by Gasteiger charge is -2.11. The van der Waals surface area contributed by atoms with Gasteiger partial charge in [-0.05, 0) is 30.7 Å². The molecule has 3 rings (SSSR count). The fourth-order valence-corrected chi connectivity index (χ4v) is 2.76. The first-order valence-electron chi connectivity index (χ1n) is 7.77. The van der Waals surface area contributed by atoms with Crippen LogP contribution in [0.15, 0.2) is 48.8 Å². The van der Waals surface area contributed by atoms with E-state index in [2.05, 4.69) is 25.6 Å². The number of amides is 1. The smallest absolute Gasteiger partial charge is 0.274 e. The minimum Gasteiger partial charge on any atom is -0.366 e. The summed E-state index contributed by atoms with van der Waals surface area (Å²) in [7, 11) is 0. The standard InChI is InChI=1S/C18H15Cl2N5O/c1-11-23-15(18(26)25-17-13(19)5-2-6-14(17)20)8-16(24-11)22-10-12-4-3-7-21-9-12/h2-9H,10H2,1H3,(H,25,26)(H,22,23,24). The lowest BCUT2D eigenvalue weighted by molar-refractivity contribution is 0.102. The maximum absolute atomic E-state index is 12.5. The molecule has 132 valence electrons. The summed E-state index contributed by atoms with van der Waals surface area (Å²) in [5.74, 6) is 0.586. The molecule has 0 fully saturated rings. The maximum Gasteiger partial charge on any atom is 0.274 e. The minimum absolute atomic E-state index is 0.210. The van der Waals surface area contributed by atoms with Crippen LogP contribution in [0.2, 0.25) is 10.0 Å². The second kappa shape index (κ2) is 8.12. The monoisotopic (exact) mass is 387 g/mol. The number of carbonyl (C=O) groups excluding carboxylic acids is 1. The summed E-state index contributed by atoms with van der Waals surface area (Å²) in [6, 6.07) is 10.4. The van der Waals surface area contributed by atoms with Crippen molar-refractivity contribution < 1.29 is 4.79 Å². The molecule has 1 amide bonds. The van der Waals surface area contributed by atoms with Crippen molar-refractivity contribution in [2.75, 3.05) is 10.6 Å². The van der Waals surface area contributed by atoms with Gasteiger partial charge in [0.15, 0.2) is 0 Å². The van der Waals surface area contributed by atoms with Gasteiger partial charge in [-0.3, -0.25) is 9.78 Å². The Labute approximate surface area is 160 Å². The summed E-state index contributed by atoms with van der Waals surface area (Å²) >= 11 is 12.2. The van der Waals surface area contributed by atoms with Crippen LogP contribution in [0.5, 0.6) is 0 Å². The number of aryl methyl sites for hydroxylation is 1. The van der Waals surface area contributed by atoms with Crippen molar-refractivity contribution >= 4 is 40.6 Å². The molecule has 0 unspecified atom stereocenters. The molecule has 8 heteroatoms. The van der Waals surface area contributed by atoms with Crippen molar-refractivity contribution in [3.8, 4) is 0 Å². The van der Waals surface area contributed by atoms with E-state index in [1.807, 2.05) is 12.1 Å². The van der Waals surface area contributed by atoms with Gasteiger partial charge in [0.05, 0.1) is 15.7 Å². The first kappa shape index (κ1) is 18.1. The third-order valence-corrected chi connectivity index (χ3v) is 4.10. The van der Waals surface area contributed by atoms with Crippen molar-refractivity contribution in [1.82, 2.24) is 15.0 Å². The molecular weight excluding hydrogens is 373 g/mol. The van der Waals surface area contributed by atoms with Crippen LogP contribution in [0.1, 0.15) is 21.9 Å². The van der Waals surface area contributed by atoms with Crippen LogP contribution in [0.3, 0.4) is 0 Å². The molecule has 0 spiro atoms. The number of nitrogens with zero attached hydrogens (tertiary/aromatic N) is 3. The second-order valence-electron chi connectivity index (χ2n) is 5.45. The fourth-order valence-electron chi connectivity index (χ4n) is 2.26. The zero-order chi connectivity index (χ0) is 18.5. The molecule has 0 aliphatic heterocycles. The molecule has 0 atom stereocenters. The highest BCUT2D eigenvalue weighted by Crippen LogP contribution is 2.30. The molecule has 2 aromatic heterocycles. The number of aromatic nitrogens is 3. The van der Waals surface area contributed by atoms with Gasteiger partial charge in [0.25, 0.3) is 5.91 Å². The topological polar surface area (TPSA) is 79.8 Å². The molecule has 0 aliphatic rings. The lowest BCUT2D eigenvalue weighted by Crippen LogP contribution is -2.16. The summed E-state index contributed by atoms with van der Waals surface area (Å²) in [5.41, 5.74) is 1.56. The van der Waals surface area contributed by atoms with Gasteiger partial charge >= 0.3 is 0 Å². The van der Waals surface area contributed by atoms with E-state index in [1.165, 1.54) is 0 Å². The quantitative estimate of drug-likeness (QED) is 0.679. The summed E-state index contributed by atoms with van der Waals surface area (Å²) in [6.07, 6.45) is 3.47. The van der Waals surface area contributed by atoms with E-state index >= 15 is 0 Å². The fraction of sp³-hybridized carbons (Fsp3) is 0.111. The van der Waals surface area contributed by atoms with E-state index < -0.39 is 5.91 Å². The Morgan fingerprint density at radius 3 is 2.58 bits per heavy atom. The summed E-state index contributed by atoms with van der Waals surface area (Å²) < 4.78 is 0. The Hall–Kier alpha value is -2.70. The molecule has 0 radical (unpaired) electrons. The molecule has 2 N–H and O–H groups in total. The number of rotatable bonds is 5. The first-order valence-corrected chi connectivity index (χ1v) is 8.52. The van der Waals surface area contributed by atoms with Gasteiger partial charge in [-0.25, -0.2) is 9.97 Å². The molecule has 0 bridgehead atoms. The van der Waals surface area contributed by atoms with Crippen LogP contribution in [0.4, 0.5) is 11.5 Å². The average molecular weight is 388 g/mol. The normalized spacial score (nSPS) is 10.4. The number of carbonyl (C=O) groups is 1. The van der Waals surface area contributed by atoms with Gasteiger partial charge < -0.3 is 10.6 Å². The van der Waals surface area contributed by atoms with E-state index in [0.29, 0.717) is 33.9 Å². The summed E-state index contributed by atoms with van der Waals surface area (Å²) in [4.78, 5) is 25.1. The Balaban J connectivity index is 1.77. The molecule has 6 nitrogen and oxygen atoms in total. The third-order valence-electron chi connectivity index (χ3n) is 3.47. The van der Waals surface area contributed by atoms with Crippen LogP contribution in [-0.2, 0) is 6.54 Å². The number of anilines is 2. The third kappa shape index (κ3) is 4.47. The van der Waals surface area contributed by atoms with Gasteiger partial charge in [0, 0.05) is 25.0 Å². The zero-order valence-corrected chi connectivity index (χ0v) is 15.3. The van der Waals surface area contributed by atoms with Gasteiger partial charge in [-0.1, -0.05) is 35.3 Å². The first-order chi connectivity index (χ1) is 12.5. The number of nitrogens with one attached hydrogen (secondary N) is 2. The zero-order valence-electron chi connectivity index (χ0n) is 13.8. The van der Waals surface area contributed by atoms with Crippen molar-refractivity contribution in [3.05, 3.63) is 75.9 Å². The predicted molar refractivity (Wildman–Crippen MR) is 103 cm³/mol. The summed E-state index contributed by atoms with van der Waals surface area (Å²) in [5, 5.41) is 6.56. The highest BCUT2D eigenvalue weighted by molar-refractivity contribution is 6.40. The van der Waals surface area contributed by atoms with E-state index in [-0.39, 0.29) is 5.69 Å². The van der Waals surface area contributed by atoms with Crippen molar-refractivity contribution in [2.24, 2.45) is 0 Å². The van der Waals surface area contributed by atoms with Crippen LogP contribution in [-0.4, -0.2) is 20.9 Å². The maximum atomic E-state index is 12.5. The highest BCUT2D eigenvalue weighted by Gasteiger charge is 2.14. The number of pyridine rings is 1. The molecule has 26 heavy (non-hydrogen) atoms. The van der Waals surface area contributed by atoms with Crippen LogP contribution >= 0.6 is 23.2 Å². The number of halogens is 2. The van der Waals surface area contributed by atoms with E-state index in [9.17, 15) is 4.79 Å². The SMILES string of the molecule is Cc1nc(NCc2cccnc2)cc(C(=O)Nc2c(Cl)cccc2Cl)n1. The average Bonchev–Trinajstić information content (AvgIpc) is 2.63. The molecule has 0 aliphatic carbocycles. The van der Waals surface area contributed by atoms with Gasteiger partial charge in [0.1, 0.15) is 17.3 Å². The molecule has 1 aromatic carbocycles. The predicted octanol–water partition coefficient (Wildman–Crippen LogP) is 4.35. The van der Waals surface area contributed by atoms with Crippen molar-refractivity contribution in [1.29, 1.82) is 0 Å². The molecule has 3 aromatic rings. The minimum atomic E-state index is -0.421. The van der Waals surface area contributed by atoms with Crippen LogP contribution in [0, 0.1) is 6.92 Å². The Kier molecular flexibility index (Phi) is 5.65. The highest BCUT2D eigenvalue weighted by atomic mass is 35.5. The number of hydrogen-bond donors (Lipinski definition) is 2. The molecule has 0 saturated carbocycles. The van der Waals surface area contributed by atoms with Crippen molar-refractivity contribution in [2.45, 2.75) is 13.5 Å². The molecular formula is C18H15Cl2N5O. The van der Waals surface area contributed by atoms with Gasteiger partial charge in [-0.2, -0.15) is 0 Å². The van der Waals surface area contributed by atoms with Crippen LogP contribution in [0.25, 0.3) is 0 Å². The largest absolute Gasteiger partial charge is 0.366 e. The van der Waals surface area contributed by atoms with Crippen LogP contribution < -0.4 is 10.6 Å². The second-order valence-corrected chi connectivity index (χ2v) is 6.27. The molecule has 0 saturated heterocycles.